The summed E-state index contributed by atoms with van der Waals surface area (Å²) in [6, 6.07) is 16.9. The quantitative estimate of drug-likeness (QED) is 0.662. The second-order valence-electron chi connectivity index (χ2n) is 5.05. The average Bonchev–Trinajstić information content (AvgIpc) is 2.46. The summed E-state index contributed by atoms with van der Waals surface area (Å²) in [6.45, 7) is 6.56. The van der Waals surface area contributed by atoms with Gasteiger partial charge in [-0.25, -0.2) is 0 Å². The van der Waals surface area contributed by atoms with Gasteiger partial charge in [0.05, 0.1) is 0 Å². The van der Waals surface area contributed by atoms with Gasteiger partial charge in [-0.1, -0.05) is 55.5 Å². The van der Waals surface area contributed by atoms with Gasteiger partial charge in [-0.2, -0.15) is 0 Å². The maximum Gasteiger partial charge on any atom is 0.0249 e. The lowest BCUT2D eigenvalue weighted by atomic mass is 9.98. The second-order valence-corrected chi connectivity index (χ2v) is 5.05. The summed E-state index contributed by atoms with van der Waals surface area (Å²) < 4.78 is 0. The van der Waals surface area contributed by atoms with Gasteiger partial charge in [0.15, 0.2) is 0 Å². The first-order chi connectivity index (χ1) is 9.19. The SMILES string of the molecule is CCC(C)c1ccc(C#Cc2ccc(C)cc2)cc1. The zero-order chi connectivity index (χ0) is 13.7. The van der Waals surface area contributed by atoms with Gasteiger partial charge in [0.1, 0.15) is 0 Å². The van der Waals surface area contributed by atoms with Crippen molar-refractivity contribution in [3.8, 4) is 11.8 Å². The van der Waals surface area contributed by atoms with Crippen molar-refractivity contribution in [2.45, 2.75) is 33.1 Å². The average molecular weight is 248 g/mol. The zero-order valence-electron chi connectivity index (χ0n) is 11.9. The smallest absolute Gasteiger partial charge is 0.0249 e. The molecule has 1 unspecified atom stereocenters. The Labute approximate surface area is 116 Å². The largest absolute Gasteiger partial charge is 0.0648 e. The van der Waals surface area contributed by atoms with Crippen molar-refractivity contribution in [1.82, 2.24) is 0 Å². The molecule has 2 rings (SSSR count). The van der Waals surface area contributed by atoms with Gasteiger partial charge in [-0.3, -0.25) is 0 Å². The van der Waals surface area contributed by atoms with E-state index in [-0.39, 0.29) is 0 Å². The van der Waals surface area contributed by atoms with Crippen LogP contribution in [-0.4, -0.2) is 0 Å². The molecule has 0 heteroatoms. The number of aryl methyl sites for hydroxylation is 1. The summed E-state index contributed by atoms with van der Waals surface area (Å²) in [5.74, 6) is 7.04. The molecule has 2 aromatic rings. The molecule has 0 amide bonds. The minimum atomic E-state index is 0.624. The third kappa shape index (κ3) is 3.73. The predicted octanol–water partition coefficient (Wildman–Crippen LogP) is 4.91. The molecule has 0 aliphatic rings. The first kappa shape index (κ1) is 13.4. The van der Waals surface area contributed by atoms with Crippen LogP contribution in [0.4, 0.5) is 0 Å². The van der Waals surface area contributed by atoms with Crippen LogP contribution in [0.1, 0.15) is 48.4 Å². The molecular weight excluding hydrogens is 228 g/mol. The Morgan fingerprint density at radius 3 is 1.79 bits per heavy atom. The van der Waals surface area contributed by atoms with Crippen molar-refractivity contribution >= 4 is 0 Å². The summed E-state index contributed by atoms with van der Waals surface area (Å²) in [5.41, 5.74) is 4.80. The molecule has 96 valence electrons. The Kier molecular flexibility index (Phi) is 4.42. The van der Waals surface area contributed by atoms with Crippen molar-refractivity contribution in [2.24, 2.45) is 0 Å². The molecule has 0 fully saturated rings. The Morgan fingerprint density at radius 1 is 0.842 bits per heavy atom. The maximum absolute atomic E-state index is 3.21. The van der Waals surface area contributed by atoms with Crippen LogP contribution in [0.15, 0.2) is 48.5 Å². The number of rotatable bonds is 2. The molecule has 0 saturated heterocycles. The van der Waals surface area contributed by atoms with E-state index in [9.17, 15) is 0 Å². The fraction of sp³-hybridized carbons (Fsp3) is 0.263. The monoisotopic (exact) mass is 248 g/mol. The van der Waals surface area contributed by atoms with Crippen LogP contribution in [0.3, 0.4) is 0 Å². The third-order valence-corrected chi connectivity index (χ3v) is 3.49. The van der Waals surface area contributed by atoms with Crippen molar-refractivity contribution in [2.75, 3.05) is 0 Å². The van der Waals surface area contributed by atoms with Gasteiger partial charge < -0.3 is 0 Å². The molecule has 0 bridgehead atoms. The Bertz CT molecular complexity index is 577. The molecule has 0 nitrogen and oxygen atoms in total. The molecule has 0 aromatic heterocycles. The normalized spacial score (nSPS) is 11.5. The minimum Gasteiger partial charge on any atom is -0.0648 e. The van der Waals surface area contributed by atoms with Gasteiger partial charge in [0.25, 0.3) is 0 Å². The highest BCUT2D eigenvalue weighted by atomic mass is 14.1. The van der Waals surface area contributed by atoms with E-state index in [1.54, 1.807) is 0 Å². The number of hydrogen-bond donors (Lipinski definition) is 0. The van der Waals surface area contributed by atoms with Gasteiger partial charge in [0.2, 0.25) is 0 Å². The molecule has 19 heavy (non-hydrogen) atoms. The van der Waals surface area contributed by atoms with Crippen LogP contribution in [0.5, 0.6) is 0 Å². The van der Waals surface area contributed by atoms with Crippen LogP contribution in [-0.2, 0) is 0 Å². The van der Waals surface area contributed by atoms with Crippen molar-refractivity contribution < 1.29 is 0 Å². The lowest BCUT2D eigenvalue weighted by Crippen LogP contribution is -1.90. The standard InChI is InChI=1S/C19H20/c1-4-16(3)19-13-11-18(12-14-19)10-9-17-7-5-15(2)6-8-17/h5-8,11-14,16H,4H2,1-3H3. The van der Waals surface area contributed by atoms with E-state index in [1.807, 2.05) is 0 Å². The lowest BCUT2D eigenvalue weighted by molar-refractivity contribution is 0.733. The fourth-order valence-corrected chi connectivity index (χ4v) is 1.91. The molecule has 0 spiro atoms. The van der Waals surface area contributed by atoms with Crippen LogP contribution < -0.4 is 0 Å². The van der Waals surface area contributed by atoms with E-state index >= 15 is 0 Å². The highest BCUT2D eigenvalue weighted by Gasteiger charge is 2.01. The fourth-order valence-electron chi connectivity index (χ4n) is 1.91. The number of hydrogen-bond acceptors (Lipinski definition) is 0. The van der Waals surface area contributed by atoms with Crippen LogP contribution in [0.25, 0.3) is 0 Å². The highest BCUT2D eigenvalue weighted by Crippen LogP contribution is 2.18. The van der Waals surface area contributed by atoms with Crippen LogP contribution >= 0.6 is 0 Å². The Balaban J connectivity index is 2.14. The van der Waals surface area contributed by atoms with E-state index in [2.05, 4.69) is 81.1 Å². The summed E-state index contributed by atoms with van der Waals surface area (Å²) in [6.07, 6.45) is 1.17. The Morgan fingerprint density at radius 2 is 1.32 bits per heavy atom. The molecule has 0 saturated carbocycles. The molecule has 1 atom stereocenters. The third-order valence-electron chi connectivity index (χ3n) is 3.49. The van der Waals surface area contributed by atoms with E-state index < -0.39 is 0 Å². The summed E-state index contributed by atoms with van der Waals surface area (Å²) in [7, 11) is 0. The van der Waals surface area contributed by atoms with E-state index in [4.69, 9.17) is 0 Å². The minimum absolute atomic E-state index is 0.624. The van der Waals surface area contributed by atoms with Crippen LogP contribution in [0.2, 0.25) is 0 Å². The number of benzene rings is 2. The molecule has 0 N–H and O–H groups in total. The zero-order valence-corrected chi connectivity index (χ0v) is 11.9. The molecular formula is C19H20. The van der Waals surface area contributed by atoms with Gasteiger partial charge in [-0.15, -0.1) is 0 Å². The van der Waals surface area contributed by atoms with Crippen molar-refractivity contribution in [3.05, 3.63) is 70.8 Å². The molecule has 2 aromatic carbocycles. The molecule has 0 heterocycles. The first-order valence-electron chi connectivity index (χ1n) is 6.87. The van der Waals surface area contributed by atoms with Gasteiger partial charge in [0, 0.05) is 11.1 Å². The summed E-state index contributed by atoms with van der Waals surface area (Å²) in [5, 5.41) is 0. The van der Waals surface area contributed by atoms with E-state index in [1.165, 1.54) is 17.5 Å². The van der Waals surface area contributed by atoms with Gasteiger partial charge >= 0.3 is 0 Å². The lowest BCUT2D eigenvalue weighted by Gasteiger charge is -2.07. The molecule has 0 aliphatic heterocycles. The molecule has 0 aliphatic carbocycles. The van der Waals surface area contributed by atoms with Crippen molar-refractivity contribution in [3.63, 3.8) is 0 Å². The maximum atomic E-state index is 3.21. The van der Waals surface area contributed by atoms with Gasteiger partial charge in [-0.05, 0) is 49.1 Å². The summed E-state index contributed by atoms with van der Waals surface area (Å²) in [4.78, 5) is 0. The van der Waals surface area contributed by atoms with Crippen molar-refractivity contribution in [1.29, 1.82) is 0 Å². The summed E-state index contributed by atoms with van der Waals surface area (Å²) >= 11 is 0. The molecule has 0 radical (unpaired) electrons. The highest BCUT2D eigenvalue weighted by molar-refractivity contribution is 5.44. The first-order valence-corrected chi connectivity index (χ1v) is 6.87. The topological polar surface area (TPSA) is 0 Å². The Hall–Kier alpha value is -2.00. The van der Waals surface area contributed by atoms with E-state index in [0.717, 1.165) is 11.1 Å². The van der Waals surface area contributed by atoms with Crippen LogP contribution in [0, 0.1) is 18.8 Å². The predicted molar refractivity (Wildman–Crippen MR) is 82.3 cm³/mol. The second kappa shape index (κ2) is 6.25. The van der Waals surface area contributed by atoms with E-state index in [0.29, 0.717) is 5.92 Å².